The molecule has 412 valence electrons. The van der Waals surface area contributed by atoms with Crippen molar-refractivity contribution in [1.29, 1.82) is 0 Å². The number of hydrogen-bond donors (Lipinski definition) is 8. The van der Waals surface area contributed by atoms with Gasteiger partial charge in [0.2, 0.25) is 35.7 Å². The van der Waals surface area contributed by atoms with Crippen molar-refractivity contribution in [2.24, 2.45) is 0 Å². The third kappa shape index (κ3) is 14.9. The molecule has 4 aromatic carbocycles. The molecule has 8 rings (SSSR count). The van der Waals surface area contributed by atoms with E-state index < -0.39 is 42.0 Å². The van der Waals surface area contributed by atoms with Crippen LogP contribution < -0.4 is 31.1 Å². The molecule has 2 fully saturated rings. The summed E-state index contributed by atoms with van der Waals surface area (Å²) in [6.45, 7) is 9.48. The number of benzene rings is 4. The van der Waals surface area contributed by atoms with Crippen molar-refractivity contribution in [2.75, 3.05) is 123 Å². The summed E-state index contributed by atoms with van der Waals surface area (Å²) in [4.78, 5) is 59.0. The number of anilines is 10. The van der Waals surface area contributed by atoms with Gasteiger partial charge in [-0.2, -0.15) is 46.7 Å². The van der Waals surface area contributed by atoms with Gasteiger partial charge in [-0.3, -0.25) is 18.9 Å². The van der Waals surface area contributed by atoms with Gasteiger partial charge in [0.15, 0.2) is 0 Å². The first-order chi connectivity index (χ1) is 37.5. The van der Waals surface area contributed by atoms with E-state index in [1.807, 2.05) is 9.80 Å². The molecule has 2 aliphatic rings. The van der Waals surface area contributed by atoms with E-state index in [9.17, 15) is 45.7 Å². The van der Waals surface area contributed by atoms with E-state index in [4.69, 9.17) is 9.47 Å². The highest BCUT2D eigenvalue weighted by Crippen LogP contribution is 2.30. The average molecular weight is 1110 g/mol. The van der Waals surface area contributed by atoms with Crippen molar-refractivity contribution in [2.45, 2.75) is 23.6 Å². The van der Waals surface area contributed by atoms with E-state index in [-0.39, 0.29) is 84.6 Å². The number of nitrogens with zero attached hydrogens (tertiary/aromatic N) is 10. The summed E-state index contributed by atoms with van der Waals surface area (Å²) in [5.74, 6) is -0.177. The Hall–Kier alpha value is -7.96. The fourth-order valence-corrected chi connectivity index (χ4v) is 9.73. The highest BCUT2D eigenvalue weighted by atomic mass is 32.2. The summed E-state index contributed by atoms with van der Waals surface area (Å²) in [6, 6.07) is 20.9. The number of hydrogen-bond acceptors (Lipinski definition) is 24. The summed E-state index contributed by atoms with van der Waals surface area (Å²) < 4.78 is 82.9. The molecule has 0 aliphatic carbocycles. The Morgan fingerprint density at radius 3 is 1.13 bits per heavy atom. The minimum atomic E-state index is -4.94. The lowest BCUT2D eigenvalue weighted by Crippen LogP contribution is -2.47. The van der Waals surface area contributed by atoms with Crippen LogP contribution in [-0.4, -0.2) is 180 Å². The van der Waals surface area contributed by atoms with E-state index in [1.165, 1.54) is 36.4 Å². The van der Waals surface area contributed by atoms with Gasteiger partial charge in [0, 0.05) is 88.2 Å². The summed E-state index contributed by atoms with van der Waals surface area (Å²) in [5.41, 5.74) is 1.92. The zero-order valence-electron chi connectivity index (χ0n) is 42.5. The Balaban J connectivity index is 1.05. The molecule has 0 amide bonds. The lowest BCUT2D eigenvalue weighted by Gasteiger charge is -2.34. The Morgan fingerprint density at radius 1 is 0.500 bits per heavy atom. The van der Waals surface area contributed by atoms with Gasteiger partial charge < -0.3 is 50.8 Å². The van der Waals surface area contributed by atoms with Crippen molar-refractivity contribution in [3.63, 3.8) is 0 Å². The number of nitrogens with one attached hydrogen (secondary N) is 4. The third-order valence-corrected chi connectivity index (χ3v) is 14.1. The first-order valence-corrected chi connectivity index (χ1v) is 27.6. The Labute approximate surface area is 449 Å². The molecule has 0 spiro atoms. The number of ether oxygens (including phenoxy) is 2. The second-order valence-electron chi connectivity index (χ2n) is 17.6. The van der Waals surface area contributed by atoms with Crippen molar-refractivity contribution in [1.82, 2.24) is 39.7 Å². The van der Waals surface area contributed by atoms with Gasteiger partial charge >= 0.3 is 11.9 Å². The minimum Gasteiger partial charge on any atom is -0.462 e. The second kappa shape index (κ2) is 25.5. The van der Waals surface area contributed by atoms with E-state index in [1.54, 1.807) is 62.4 Å². The summed E-state index contributed by atoms with van der Waals surface area (Å²) in [6.07, 6.45) is 2.51. The normalized spacial score (nSPS) is 14.5. The third-order valence-electron chi connectivity index (χ3n) is 12.2. The van der Waals surface area contributed by atoms with Crippen LogP contribution in [0, 0.1) is 0 Å². The number of piperazine rings is 2. The van der Waals surface area contributed by atoms with Gasteiger partial charge in [-0.15, -0.1) is 0 Å². The fraction of sp³-hybridized carbons (Fsp3) is 0.320. The predicted octanol–water partition coefficient (Wildman–Crippen LogP) is 4.28. The second-order valence-corrected chi connectivity index (χ2v) is 20.3. The Bertz CT molecular complexity index is 3120. The van der Waals surface area contributed by atoms with Gasteiger partial charge in [-0.05, 0) is 97.8 Å². The van der Waals surface area contributed by atoms with Gasteiger partial charge in [0.1, 0.15) is 9.79 Å². The highest BCUT2D eigenvalue weighted by molar-refractivity contribution is 7.86. The smallest absolute Gasteiger partial charge is 0.338 e. The number of rotatable bonds is 22. The van der Waals surface area contributed by atoms with Crippen molar-refractivity contribution in [3.8, 4) is 0 Å². The summed E-state index contributed by atoms with van der Waals surface area (Å²) >= 11 is 0. The van der Waals surface area contributed by atoms with E-state index in [2.05, 4.69) is 61.0 Å². The molecule has 78 heavy (non-hydrogen) atoms. The van der Waals surface area contributed by atoms with Crippen LogP contribution in [0.1, 0.15) is 45.7 Å². The molecule has 26 nitrogen and oxygen atoms in total. The van der Waals surface area contributed by atoms with Crippen molar-refractivity contribution in [3.05, 3.63) is 107 Å². The van der Waals surface area contributed by atoms with Crippen LogP contribution in [-0.2, 0) is 29.7 Å². The van der Waals surface area contributed by atoms with E-state index in [0.29, 0.717) is 87.9 Å². The summed E-state index contributed by atoms with van der Waals surface area (Å²) in [7, 11) is -9.87. The van der Waals surface area contributed by atoms with Crippen LogP contribution >= 0.6 is 0 Å². The number of esters is 2. The molecule has 28 heteroatoms. The first kappa shape index (κ1) is 56.2. The van der Waals surface area contributed by atoms with Crippen LogP contribution in [0.3, 0.4) is 0 Å². The van der Waals surface area contributed by atoms with E-state index >= 15 is 0 Å². The molecule has 2 aromatic heterocycles. The van der Waals surface area contributed by atoms with Crippen molar-refractivity contribution >= 4 is 103 Å². The van der Waals surface area contributed by atoms with Gasteiger partial charge in [-0.1, -0.05) is 24.3 Å². The standard InChI is InChI=1S/C50H58N14O12S2/c1-3-75-43(67)35-9-13-37(14-10-35)51-45-55-47(59-49(57-45)63-23-19-61(20-24-63)27-29-65)53-39-17-7-33(41(31-39)77(69,70)71)5-6-34-8-18-40(32-42(34)78(72,73)74)54-48-56-46(52-38-15-11-36(12-16-38)44(68)76-4-2)58-50(60-48)64-25-21-62(22-26-64)28-30-66/h5-18,31-32,65-66H,3-4,19-30H2,1-2H3,(H,69,70,71)(H,72,73,74)(H2,51,53,55,57,59)(H2,52,54,56,58,60)/b6-5+. The predicted molar refractivity (Wildman–Crippen MR) is 291 cm³/mol. The first-order valence-electron chi connectivity index (χ1n) is 24.7. The van der Waals surface area contributed by atoms with Gasteiger partial charge in [0.25, 0.3) is 20.2 Å². The van der Waals surface area contributed by atoms with Crippen LogP contribution in [0.5, 0.6) is 0 Å². The monoisotopic (exact) mass is 1110 g/mol. The lowest BCUT2D eigenvalue weighted by molar-refractivity contribution is 0.0517. The summed E-state index contributed by atoms with van der Waals surface area (Å²) in [5, 5.41) is 31.1. The molecule has 4 heterocycles. The molecule has 0 radical (unpaired) electrons. The number of aliphatic hydroxyl groups excluding tert-OH is 2. The molecule has 0 unspecified atom stereocenters. The van der Waals surface area contributed by atoms with Gasteiger partial charge in [-0.25, -0.2) is 9.59 Å². The van der Waals surface area contributed by atoms with Crippen LogP contribution in [0.25, 0.3) is 12.2 Å². The zero-order chi connectivity index (χ0) is 55.4. The largest absolute Gasteiger partial charge is 0.462 e. The lowest BCUT2D eigenvalue weighted by atomic mass is 10.1. The number of aromatic nitrogens is 6. The number of carbonyl (C=O) groups is 2. The number of aliphatic hydroxyl groups is 2. The molecule has 0 atom stereocenters. The maximum Gasteiger partial charge on any atom is 0.338 e. The number of β-amino-alcohol motifs (C(OH)–C–C–N with tert-alkyl or cyclic N) is 2. The molecule has 6 aromatic rings. The Morgan fingerprint density at radius 2 is 0.821 bits per heavy atom. The van der Waals surface area contributed by atoms with Gasteiger partial charge in [0.05, 0.1) is 37.6 Å². The zero-order valence-corrected chi connectivity index (χ0v) is 44.1. The molecular weight excluding hydrogens is 1050 g/mol. The fourth-order valence-electron chi connectivity index (χ4n) is 8.31. The molecule has 0 bridgehead atoms. The quantitative estimate of drug-likeness (QED) is 0.0267. The van der Waals surface area contributed by atoms with Crippen molar-refractivity contribution < 1.29 is 55.2 Å². The highest BCUT2D eigenvalue weighted by Gasteiger charge is 2.24. The van der Waals surface area contributed by atoms with Crippen LogP contribution in [0.15, 0.2) is 94.7 Å². The minimum absolute atomic E-state index is 0.000393. The Kier molecular flexibility index (Phi) is 18.4. The molecule has 2 aliphatic heterocycles. The average Bonchev–Trinajstić information content (AvgIpc) is 3.41. The molecule has 2 saturated heterocycles. The topological polar surface area (TPSA) is 340 Å². The molecular formula is C50H58N14O12S2. The SMILES string of the molecule is CCOC(=O)c1ccc(Nc2nc(Nc3ccc(/C=C/c4ccc(Nc5nc(Nc6ccc(C(=O)OCC)cc6)nc(N6CCN(CCO)CC6)n5)cc4S(=O)(=O)O)c(S(=O)(=O)O)c3)nc(N3CCN(CCO)CC3)n2)cc1. The van der Waals surface area contributed by atoms with E-state index in [0.717, 1.165) is 12.1 Å². The maximum absolute atomic E-state index is 13.0. The van der Waals surface area contributed by atoms with Crippen LogP contribution in [0.2, 0.25) is 0 Å². The molecule has 0 saturated carbocycles. The van der Waals surface area contributed by atoms with Crippen LogP contribution in [0.4, 0.5) is 58.4 Å². The maximum atomic E-state index is 13.0. The number of carbonyl (C=O) groups excluding carboxylic acids is 2. The molecule has 8 N–H and O–H groups in total.